The summed E-state index contributed by atoms with van der Waals surface area (Å²) < 4.78 is 53.2. The Balaban J connectivity index is 1.72. The van der Waals surface area contributed by atoms with Gasteiger partial charge in [0.2, 0.25) is 5.96 Å². The number of guanidine groups is 1. The van der Waals surface area contributed by atoms with E-state index in [1.807, 2.05) is 42.5 Å². The van der Waals surface area contributed by atoms with E-state index in [1.165, 1.54) is 36.3 Å². The van der Waals surface area contributed by atoms with E-state index in [4.69, 9.17) is 33.4 Å². The zero-order chi connectivity index (χ0) is 28.2. The first kappa shape index (κ1) is 29.0. The smallest absolute Gasteiger partial charge is 0.249 e. The van der Waals surface area contributed by atoms with Gasteiger partial charge in [-0.2, -0.15) is 17.8 Å². The minimum absolute atomic E-state index is 0.0260. The molecule has 4 rings (SSSR count). The molecule has 0 aromatic heterocycles. The van der Waals surface area contributed by atoms with Gasteiger partial charge in [0, 0.05) is 29.6 Å². The van der Waals surface area contributed by atoms with Gasteiger partial charge in [-0.15, -0.1) is 0 Å². The molecule has 0 aliphatic carbocycles. The second-order valence-electron chi connectivity index (χ2n) is 8.67. The highest BCUT2D eigenvalue weighted by atomic mass is 35.5. The Bertz CT molecular complexity index is 1580. The van der Waals surface area contributed by atoms with Crippen LogP contribution in [-0.4, -0.2) is 64.5 Å². The summed E-state index contributed by atoms with van der Waals surface area (Å²) in [6, 6.07) is 22.5. The Labute approximate surface area is 238 Å². The highest BCUT2D eigenvalue weighted by molar-refractivity contribution is 7.90. The fourth-order valence-corrected chi connectivity index (χ4v) is 5.46. The molecule has 0 unspecified atom stereocenters. The van der Waals surface area contributed by atoms with Crippen LogP contribution in [0.5, 0.6) is 0 Å². The van der Waals surface area contributed by atoms with Crippen LogP contribution < -0.4 is 9.86 Å². The molecular formula is C25H26Cl2N6O4S2. The zero-order valence-electron chi connectivity index (χ0n) is 20.8. The molecule has 0 bridgehead atoms. The Kier molecular flexibility index (Phi) is 8.94. The fourth-order valence-electron chi connectivity index (χ4n) is 3.85. The number of nitrogens with zero attached hydrogens (tertiary/aromatic N) is 4. The number of sulfonamides is 1. The summed E-state index contributed by atoms with van der Waals surface area (Å²) >= 11 is 12.0. The van der Waals surface area contributed by atoms with Crippen molar-refractivity contribution in [1.82, 2.24) is 14.0 Å². The molecule has 3 aromatic rings. The second kappa shape index (κ2) is 12.0. The van der Waals surface area contributed by atoms with E-state index >= 15 is 0 Å². The molecule has 14 heteroatoms. The molecule has 1 atom stereocenters. The number of hydrazone groups is 1. The van der Waals surface area contributed by atoms with Gasteiger partial charge in [0.25, 0.3) is 20.2 Å². The van der Waals surface area contributed by atoms with E-state index < -0.39 is 20.2 Å². The molecule has 0 spiro atoms. The van der Waals surface area contributed by atoms with Gasteiger partial charge in [-0.05, 0) is 47.5 Å². The van der Waals surface area contributed by atoms with Gasteiger partial charge in [-0.1, -0.05) is 65.7 Å². The topological polar surface area (TPSA) is 138 Å². The van der Waals surface area contributed by atoms with Crippen molar-refractivity contribution in [2.24, 2.45) is 15.2 Å². The van der Waals surface area contributed by atoms with Gasteiger partial charge < -0.3 is 0 Å². The average Bonchev–Trinajstić information content (AvgIpc) is 3.34. The van der Waals surface area contributed by atoms with Crippen molar-refractivity contribution in [1.29, 1.82) is 0 Å². The number of hydrogen-bond donors (Lipinski definition) is 2. The molecule has 0 fully saturated rings. The van der Waals surface area contributed by atoms with E-state index in [0.717, 1.165) is 15.4 Å². The number of nitrogens with two attached hydrogens (primary N) is 1. The van der Waals surface area contributed by atoms with Crippen LogP contribution in [0.3, 0.4) is 0 Å². The SMILES string of the molecule is CN(CCN=C(NS(=O)(=O)c1ccc(Cl)cc1)N1C[C@H](c2ccccc2)C(c2ccc(Cl)cc2)=N1)S(N)(=O)=O. The maximum atomic E-state index is 13.3. The van der Waals surface area contributed by atoms with E-state index in [9.17, 15) is 16.8 Å². The molecule has 1 heterocycles. The predicted molar refractivity (Wildman–Crippen MR) is 154 cm³/mol. The maximum absolute atomic E-state index is 13.3. The van der Waals surface area contributed by atoms with Gasteiger partial charge in [0.1, 0.15) is 0 Å². The first-order valence-electron chi connectivity index (χ1n) is 11.7. The Morgan fingerprint density at radius 2 is 1.59 bits per heavy atom. The van der Waals surface area contributed by atoms with E-state index in [1.54, 1.807) is 12.1 Å². The van der Waals surface area contributed by atoms with Crippen molar-refractivity contribution in [2.75, 3.05) is 26.7 Å². The van der Waals surface area contributed by atoms with E-state index in [-0.39, 0.29) is 36.4 Å². The summed E-state index contributed by atoms with van der Waals surface area (Å²) in [7, 11) is -6.72. The highest BCUT2D eigenvalue weighted by Crippen LogP contribution is 2.29. The monoisotopic (exact) mass is 608 g/mol. The summed E-state index contributed by atoms with van der Waals surface area (Å²) in [4.78, 5) is 4.37. The predicted octanol–water partition coefficient (Wildman–Crippen LogP) is 3.27. The van der Waals surface area contributed by atoms with Crippen LogP contribution in [-0.2, 0) is 20.2 Å². The second-order valence-corrected chi connectivity index (χ2v) is 12.9. The lowest BCUT2D eigenvalue weighted by Crippen LogP contribution is -2.42. The Morgan fingerprint density at radius 3 is 2.18 bits per heavy atom. The molecule has 10 nitrogen and oxygen atoms in total. The van der Waals surface area contributed by atoms with E-state index in [2.05, 4.69) is 9.71 Å². The molecule has 0 saturated heterocycles. The van der Waals surface area contributed by atoms with Crippen molar-refractivity contribution < 1.29 is 16.8 Å². The van der Waals surface area contributed by atoms with Crippen LogP contribution in [0.25, 0.3) is 0 Å². The third kappa shape index (κ3) is 7.35. The number of aliphatic imine (C=N–C) groups is 1. The van der Waals surface area contributed by atoms with Gasteiger partial charge in [-0.3, -0.25) is 0 Å². The van der Waals surface area contributed by atoms with Crippen LogP contribution in [0.4, 0.5) is 0 Å². The molecule has 0 radical (unpaired) electrons. The third-order valence-corrected chi connectivity index (χ3v) is 8.86. The lowest BCUT2D eigenvalue weighted by atomic mass is 9.91. The van der Waals surface area contributed by atoms with Crippen LogP contribution in [0.2, 0.25) is 10.0 Å². The Hall–Kier alpha value is -3.00. The Morgan fingerprint density at radius 1 is 1.00 bits per heavy atom. The lowest BCUT2D eigenvalue weighted by Gasteiger charge is -2.20. The average molecular weight is 610 g/mol. The summed E-state index contributed by atoms with van der Waals surface area (Å²) in [6.45, 7) is 0.118. The third-order valence-electron chi connectivity index (χ3n) is 5.96. The number of halogens is 2. The molecule has 3 N–H and O–H groups in total. The zero-order valence-corrected chi connectivity index (χ0v) is 23.9. The van der Waals surface area contributed by atoms with Crippen molar-refractivity contribution in [3.05, 3.63) is 100 Å². The lowest BCUT2D eigenvalue weighted by molar-refractivity contribution is 0.453. The van der Waals surface area contributed by atoms with Crippen LogP contribution in [0, 0.1) is 0 Å². The molecule has 39 heavy (non-hydrogen) atoms. The number of hydrogen-bond acceptors (Lipinski definition) is 6. The van der Waals surface area contributed by atoms with Crippen molar-refractivity contribution in [3.63, 3.8) is 0 Å². The van der Waals surface area contributed by atoms with Crippen molar-refractivity contribution in [2.45, 2.75) is 10.8 Å². The summed E-state index contributed by atoms with van der Waals surface area (Å²) in [6.07, 6.45) is 0. The molecule has 3 aromatic carbocycles. The standard InChI is InChI=1S/C25H26Cl2N6O4S2/c1-32(39(28,36)37)16-15-29-25(31-38(34,35)22-13-11-21(27)12-14-22)33-17-23(18-5-3-2-4-6-18)24(30-33)19-7-9-20(26)10-8-19/h2-14,23H,15-17H2,1H3,(H,29,31)(H2,28,36,37)/t23-/m1/s1. The first-order chi connectivity index (χ1) is 18.4. The van der Waals surface area contributed by atoms with Crippen molar-refractivity contribution in [3.8, 4) is 0 Å². The highest BCUT2D eigenvalue weighted by Gasteiger charge is 2.33. The van der Waals surface area contributed by atoms with Crippen LogP contribution >= 0.6 is 23.2 Å². The summed E-state index contributed by atoms with van der Waals surface area (Å²) in [5.74, 6) is -0.289. The largest absolute Gasteiger partial charge is 0.276 e. The van der Waals surface area contributed by atoms with Gasteiger partial charge in [-0.25, -0.2) is 28.3 Å². The minimum Gasteiger partial charge on any atom is -0.249 e. The van der Waals surface area contributed by atoms with Gasteiger partial charge in [0.15, 0.2) is 0 Å². The van der Waals surface area contributed by atoms with Crippen molar-refractivity contribution >= 4 is 55.1 Å². The molecule has 0 saturated carbocycles. The minimum atomic E-state index is -4.09. The number of benzene rings is 3. The molecule has 1 aliphatic heterocycles. The van der Waals surface area contributed by atoms with Gasteiger partial charge in [0.05, 0.1) is 23.7 Å². The number of nitrogens with one attached hydrogen (secondary N) is 1. The van der Waals surface area contributed by atoms with Crippen LogP contribution in [0.1, 0.15) is 17.0 Å². The molecular weight excluding hydrogens is 583 g/mol. The van der Waals surface area contributed by atoms with Gasteiger partial charge >= 0.3 is 0 Å². The van der Waals surface area contributed by atoms with Crippen LogP contribution in [0.15, 0.2) is 93.9 Å². The molecule has 0 amide bonds. The first-order valence-corrected chi connectivity index (χ1v) is 15.4. The molecule has 1 aliphatic rings. The number of rotatable bonds is 8. The fraction of sp³-hybridized carbons (Fsp3) is 0.200. The summed E-state index contributed by atoms with van der Waals surface area (Å²) in [5, 5.41) is 12.3. The normalized spacial score (nSPS) is 16.4. The summed E-state index contributed by atoms with van der Waals surface area (Å²) in [5.41, 5.74) is 2.48. The van der Waals surface area contributed by atoms with E-state index in [0.29, 0.717) is 15.8 Å². The number of likely N-dealkylation sites (N-methyl/N-ethyl adjacent to an activating group) is 1. The molecule has 206 valence electrons. The maximum Gasteiger partial charge on any atom is 0.276 e. The quantitative estimate of drug-likeness (QED) is 0.298.